The second-order valence-corrected chi connectivity index (χ2v) is 6.12. The van der Waals surface area contributed by atoms with Crippen molar-refractivity contribution in [2.75, 3.05) is 7.11 Å². The Labute approximate surface area is 155 Å². The number of rotatable bonds is 7. The predicted octanol–water partition coefficient (Wildman–Crippen LogP) is 2.78. The van der Waals surface area contributed by atoms with Crippen LogP contribution in [0, 0.1) is 10.1 Å². The SMILES string of the molecule is COc1ccc([N+](=O)[O-])cc1C(=O)OC(C(=O)NC1CC1)c1ccccc1. The minimum absolute atomic E-state index is 0.0924. The van der Waals surface area contributed by atoms with E-state index in [1.807, 2.05) is 0 Å². The van der Waals surface area contributed by atoms with Gasteiger partial charge < -0.3 is 14.8 Å². The Bertz CT molecular complexity index is 864. The number of nitrogens with zero attached hydrogens (tertiary/aromatic N) is 1. The van der Waals surface area contributed by atoms with Gasteiger partial charge in [-0.2, -0.15) is 0 Å². The fraction of sp³-hybridized carbons (Fsp3) is 0.263. The summed E-state index contributed by atoms with van der Waals surface area (Å²) in [5, 5.41) is 13.8. The van der Waals surface area contributed by atoms with E-state index in [4.69, 9.17) is 9.47 Å². The number of hydrogen-bond acceptors (Lipinski definition) is 6. The van der Waals surface area contributed by atoms with Gasteiger partial charge in [0.15, 0.2) is 0 Å². The molecule has 0 saturated heterocycles. The second-order valence-electron chi connectivity index (χ2n) is 6.12. The van der Waals surface area contributed by atoms with Crippen LogP contribution >= 0.6 is 0 Å². The van der Waals surface area contributed by atoms with Crippen LogP contribution in [0.15, 0.2) is 48.5 Å². The third-order valence-corrected chi connectivity index (χ3v) is 4.10. The zero-order chi connectivity index (χ0) is 19.4. The zero-order valence-electron chi connectivity index (χ0n) is 14.6. The minimum atomic E-state index is -1.16. The van der Waals surface area contributed by atoms with Crippen molar-refractivity contribution in [2.24, 2.45) is 0 Å². The Balaban J connectivity index is 1.89. The quantitative estimate of drug-likeness (QED) is 0.456. The molecule has 1 unspecified atom stereocenters. The van der Waals surface area contributed by atoms with Crippen LogP contribution in [0.2, 0.25) is 0 Å². The lowest BCUT2D eigenvalue weighted by Gasteiger charge is -2.18. The molecule has 27 heavy (non-hydrogen) atoms. The molecule has 140 valence electrons. The molecule has 1 N–H and O–H groups in total. The summed E-state index contributed by atoms with van der Waals surface area (Å²) in [5.74, 6) is -1.18. The number of amides is 1. The van der Waals surface area contributed by atoms with Crippen LogP contribution in [-0.4, -0.2) is 30.0 Å². The Morgan fingerprint density at radius 2 is 1.89 bits per heavy atom. The van der Waals surface area contributed by atoms with Crippen molar-refractivity contribution in [2.45, 2.75) is 25.0 Å². The fourth-order valence-corrected chi connectivity index (χ4v) is 2.54. The Morgan fingerprint density at radius 1 is 1.19 bits per heavy atom. The molecule has 1 aliphatic rings. The average molecular weight is 370 g/mol. The van der Waals surface area contributed by atoms with Gasteiger partial charge in [-0.25, -0.2) is 4.79 Å². The van der Waals surface area contributed by atoms with Crippen LogP contribution < -0.4 is 10.1 Å². The van der Waals surface area contributed by atoms with Crippen molar-refractivity contribution in [3.05, 3.63) is 69.8 Å². The highest BCUT2D eigenvalue weighted by Crippen LogP contribution is 2.28. The summed E-state index contributed by atoms with van der Waals surface area (Å²) in [5.41, 5.74) is 0.113. The number of hydrogen-bond donors (Lipinski definition) is 1. The molecular weight excluding hydrogens is 352 g/mol. The van der Waals surface area contributed by atoms with E-state index < -0.39 is 22.9 Å². The third kappa shape index (κ3) is 4.41. The zero-order valence-corrected chi connectivity index (χ0v) is 14.6. The largest absolute Gasteiger partial charge is 0.496 e. The van der Waals surface area contributed by atoms with Gasteiger partial charge in [0.25, 0.3) is 11.6 Å². The first-order valence-electron chi connectivity index (χ1n) is 8.38. The van der Waals surface area contributed by atoms with Gasteiger partial charge >= 0.3 is 5.97 Å². The summed E-state index contributed by atoms with van der Waals surface area (Å²) < 4.78 is 10.5. The number of nitro groups is 1. The lowest BCUT2D eigenvalue weighted by atomic mass is 10.1. The maximum Gasteiger partial charge on any atom is 0.343 e. The molecule has 1 amide bonds. The molecule has 1 fully saturated rings. The van der Waals surface area contributed by atoms with Crippen molar-refractivity contribution < 1.29 is 24.0 Å². The van der Waals surface area contributed by atoms with E-state index in [-0.39, 0.29) is 23.0 Å². The van der Waals surface area contributed by atoms with Crippen molar-refractivity contribution in [3.63, 3.8) is 0 Å². The van der Waals surface area contributed by atoms with Crippen molar-refractivity contribution in [1.29, 1.82) is 0 Å². The molecule has 1 atom stereocenters. The normalized spacial score (nSPS) is 14.1. The molecule has 8 heteroatoms. The van der Waals surface area contributed by atoms with E-state index in [2.05, 4.69) is 5.32 Å². The third-order valence-electron chi connectivity index (χ3n) is 4.10. The van der Waals surface area contributed by atoms with Crippen molar-refractivity contribution in [1.82, 2.24) is 5.32 Å². The fourth-order valence-electron chi connectivity index (χ4n) is 2.54. The summed E-state index contributed by atoms with van der Waals surface area (Å²) >= 11 is 0. The Hall–Kier alpha value is -3.42. The number of nitrogens with one attached hydrogen (secondary N) is 1. The highest BCUT2D eigenvalue weighted by molar-refractivity contribution is 5.95. The van der Waals surface area contributed by atoms with E-state index in [0.29, 0.717) is 5.56 Å². The lowest BCUT2D eigenvalue weighted by Crippen LogP contribution is -2.33. The number of esters is 1. The van der Waals surface area contributed by atoms with Gasteiger partial charge in [-0.15, -0.1) is 0 Å². The first-order valence-corrected chi connectivity index (χ1v) is 8.38. The Kier molecular flexibility index (Phi) is 5.35. The number of nitro benzene ring substituents is 1. The van der Waals surface area contributed by atoms with Crippen molar-refractivity contribution >= 4 is 17.6 Å². The van der Waals surface area contributed by atoms with E-state index in [9.17, 15) is 19.7 Å². The summed E-state index contributed by atoms with van der Waals surface area (Å²) in [7, 11) is 1.34. The Morgan fingerprint density at radius 3 is 2.48 bits per heavy atom. The van der Waals surface area contributed by atoms with Crippen LogP contribution in [0.4, 0.5) is 5.69 Å². The average Bonchev–Trinajstić information content (AvgIpc) is 3.49. The van der Waals surface area contributed by atoms with Gasteiger partial charge in [-0.3, -0.25) is 14.9 Å². The summed E-state index contributed by atoms with van der Waals surface area (Å²) in [6, 6.07) is 12.3. The molecule has 0 spiro atoms. The van der Waals surface area contributed by atoms with Gasteiger partial charge in [-0.1, -0.05) is 30.3 Å². The van der Waals surface area contributed by atoms with Gasteiger partial charge in [-0.05, 0) is 18.9 Å². The molecule has 2 aromatic carbocycles. The van der Waals surface area contributed by atoms with Crippen LogP contribution in [0.1, 0.15) is 34.9 Å². The lowest BCUT2D eigenvalue weighted by molar-refractivity contribution is -0.384. The first kappa shape index (κ1) is 18.4. The van der Waals surface area contributed by atoms with Crippen LogP contribution in [0.3, 0.4) is 0 Å². The van der Waals surface area contributed by atoms with E-state index in [0.717, 1.165) is 18.9 Å². The molecule has 1 saturated carbocycles. The molecule has 0 bridgehead atoms. The summed E-state index contributed by atoms with van der Waals surface area (Å²) in [6.07, 6.45) is 0.614. The van der Waals surface area contributed by atoms with Gasteiger partial charge in [0.05, 0.1) is 12.0 Å². The monoisotopic (exact) mass is 370 g/mol. The number of non-ortho nitro benzene ring substituents is 1. The van der Waals surface area contributed by atoms with Crippen LogP contribution in [0.25, 0.3) is 0 Å². The van der Waals surface area contributed by atoms with E-state index >= 15 is 0 Å². The highest BCUT2D eigenvalue weighted by atomic mass is 16.6. The topological polar surface area (TPSA) is 108 Å². The molecule has 0 heterocycles. The molecule has 3 rings (SSSR count). The molecule has 8 nitrogen and oxygen atoms in total. The summed E-state index contributed by atoms with van der Waals surface area (Å²) in [4.78, 5) is 35.6. The number of carbonyl (C=O) groups excluding carboxylic acids is 2. The molecule has 0 radical (unpaired) electrons. The first-order chi connectivity index (χ1) is 13.0. The van der Waals surface area contributed by atoms with Crippen LogP contribution in [0.5, 0.6) is 5.75 Å². The van der Waals surface area contributed by atoms with Crippen molar-refractivity contribution in [3.8, 4) is 5.75 Å². The van der Waals surface area contributed by atoms with Crippen LogP contribution in [-0.2, 0) is 9.53 Å². The molecule has 0 aromatic heterocycles. The minimum Gasteiger partial charge on any atom is -0.496 e. The number of carbonyl (C=O) groups is 2. The molecule has 2 aromatic rings. The molecule has 1 aliphatic carbocycles. The van der Waals surface area contributed by atoms with E-state index in [1.54, 1.807) is 30.3 Å². The smallest absolute Gasteiger partial charge is 0.343 e. The highest BCUT2D eigenvalue weighted by Gasteiger charge is 2.32. The second kappa shape index (κ2) is 7.86. The molecule has 0 aliphatic heterocycles. The number of methoxy groups -OCH3 is 1. The van der Waals surface area contributed by atoms with Gasteiger partial charge in [0.1, 0.15) is 11.3 Å². The maximum atomic E-state index is 12.7. The summed E-state index contributed by atoms with van der Waals surface area (Å²) in [6.45, 7) is 0. The molecular formula is C19H18N2O6. The maximum absolute atomic E-state index is 12.7. The van der Waals surface area contributed by atoms with Gasteiger partial charge in [0, 0.05) is 23.7 Å². The number of benzene rings is 2. The van der Waals surface area contributed by atoms with Gasteiger partial charge in [0.2, 0.25) is 6.10 Å². The number of ether oxygens (including phenoxy) is 2. The standard InChI is InChI=1S/C19H18N2O6/c1-26-16-10-9-14(21(24)25)11-15(16)19(23)27-17(12-5-3-2-4-6-12)18(22)20-13-7-8-13/h2-6,9-11,13,17H,7-8H2,1H3,(H,20,22). The predicted molar refractivity (Wildman–Crippen MR) is 95.4 cm³/mol. The van der Waals surface area contributed by atoms with E-state index in [1.165, 1.54) is 19.2 Å².